The molecule has 0 aromatic heterocycles. The van der Waals surface area contributed by atoms with Crippen LogP contribution < -0.4 is 15.5 Å². The molecule has 2 aromatic carbocycles. The Labute approximate surface area is 162 Å². The lowest BCUT2D eigenvalue weighted by atomic mass is 9.96. The van der Waals surface area contributed by atoms with Gasteiger partial charge in [-0.25, -0.2) is 4.90 Å². The number of amides is 3. The largest absolute Gasteiger partial charge is 0.332 e. The minimum atomic E-state index is -0.554. The summed E-state index contributed by atoms with van der Waals surface area (Å²) < 4.78 is 0. The highest BCUT2D eigenvalue weighted by Gasteiger charge is 2.36. The van der Waals surface area contributed by atoms with E-state index in [4.69, 9.17) is 12.2 Å². The Kier molecular flexibility index (Phi) is 4.80. The molecule has 3 rings (SSSR count). The Balaban J connectivity index is 1.72. The van der Waals surface area contributed by atoms with Crippen molar-refractivity contribution in [3.63, 3.8) is 0 Å². The van der Waals surface area contributed by atoms with Gasteiger partial charge in [0.15, 0.2) is 5.11 Å². The lowest BCUT2D eigenvalue weighted by Gasteiger charge is -2.19. The standard InChI is InChI=1S/C20H19N3O3S/c1-20(2,3)18(26)22-19(27)21-12-8-10-13(11-9-12)23-16(24)14-6-4-5-7-15(14)17(23)25/h4-11H,1-3H3,(H2,21,22,26,27). The summed E-state index contributed by atoms with van der Waals surface area (Å²) in [5, 5.41) is 5.72. The molecule has 0 unspecified atom stereocenters. The second-order valence-corrected chi connectivity index (χ2v) is 7.60. The predicted molar refractivity (Wildman–Crippen MR) is 108 cm³/mol. The van der Waals surface area contributed by atoms with E-state index >= 15 is 0 Å². The van der Waals surface area contributed by atoms with Crippen LogP contribution in [0, 0.1) is 5.41 Å². The number of carbonyl (C=O) groups excluding carboxylic acids is 3. The molecule has 1 heterocycles. The number of nitrogens with zero attached hydrogens (tertiary/aromatic N) is 1. The Morgan fingerprint density at radius 3 is 1.93 bits per heavy atom. The van der Waals surface area contributed by atoms with Crippen molar-refractivity contribution in [1.82, 2.24) is 5.32 Å². The number of imide groups is 1. The molecule has 1 aliphatic rings. The number of hydrogen-bond donors (Lipinski definition) is 2. The van der Waals surface area contributed by atoms with Crippen LogP contribution in [-0.4, -0.2) is 22.8 Å². The van der Waals surface area contributed by atoms with Crippen molar-refractivity contribution in [3.8, 4) is 0 Å². The molecule has 0 saturated carbocycles. The SMILES string of the molecule is CC(C)(C)C(=O)NC(=S)Nc1ccc(N2C(=O)c3ccccc3C2=O)cc1. The lowest BCUT2D eigenvalue weighted by molar-refractivity contribution is -0.126. The average Bonchev–Trinajstić information content (AvgIpc) is 2.86. The third kappa shape index (κ3) is 3.73. The van der Waals surface area contributed by atoms with Crippen LogP contribution in [0.1, 0.15) is 41.5 Å². The van der Waals surface area contributed by atoms with Gasteiger partial charge in [-0.05, 0) is 48.6 Å². The number of hydrogen-bond acceptors (Lipinski definition) is 4. The molecule has 0 bridgehead atoms. The van der Waals surface area contributed by atoms with Crippen molar-refractivity contribution in [2.75, 3.05) is 10.2 Å². The van der Waals surface area contributed by atoms with Crippen LogP contribution in [0.15, 0.2) is 48.5 Å². The smallest absolute Gasteiger partial charge is 0.266 e. The summed E-state index contributed by atoms with van der Waals surface area (Å²) in [6.07, 6.45) is 0. The van der Waals surface area contributed by atoms with Crippen LogP contribution in [0.2, 0.25) is 0 Å². The summed E-state index contributed by atoms with van der Waals surface area (Å²) in [7, 11) is 0. The molecule has 0 aliphatic carbocycles. The number of benzene rings is 2. The third-order valence-corrected chi connectivity index (χ3v) is 4.29. The lowest BCUT2D eigenvalue weighted by Crippen LogP contribution is -2.41. The highest BCUT2D eigenvalue weighted by Crippen LogP contribution is 2.29. The molecular formula is C20H19N3O3S. The predicted octanol–water partition coefficient (Wildman–Crippen LogP) is 3.35. The summed E-state index contributed by atoms with van der Waals surface area (Å²) in [6.45, 7) is 5.38. The zero-order valence-electron chi connectivity index (χ0n) is 15.2. The van der Waals surface area contributed by atoms with Gasteiger partial charge in [-0.2, -0.15) is 0 Å². The monoisotopic (exact) mass is 381 g/mol. The second-order valence-electron chi connectivity index (χ2n) is 7.20. The number of anilines is 2. The van der Waals surface area contributed by atoms with Crippen molar-refractivity contribution >= 4 is 46.4 Å². The molecule has 7 heteroatoms. The molecule has 0 saturated heterocycles. The molecule has 0 fully saturated rings. The van der Waals surface area contributed by atoms with E-state index in [1.807, 2.05) is 0 Å². The first-order valence-electron chi connectivity index (χ1n) is 8.39. The van der Waals surface area contributed by atoms with Gasteiger partial charge in [0.2, 0.25) is 5.91 Å². The van der Waals surface area contributed by atoms with E-state index in [0.29, 0.717) is 22.5 Å². The number of thiocarbonyl (C=S) groups is 1. The maximum atomic E-state index is 12.5. The number of rotatable bonds is 2. The number of fused-ring (bicyclic) bond motifs is 1. The third-order valence-electron chi connectivity index (χ3n) is 4.09. The molecule has 3 amide bonds. The zero-order chi connectivity index (χ0) is 19.8. The molecule has 0 spiro atoms. The molecule has 0 radical (unpaired) electrons. The fourth-order valence-electron chi connectivity index (χ4n) is 2.57. The van der Waals surface area contributed by atoms with Gasteiger partial charge in [0.1, 0.15) is 0 Å². The molecule has 1 aliphatic heterocycles. The molecule has 2 N–H and O–H groups in total. The van der Waals surface area contributed by atoms with Crippen LogP contribution in [0.3, 0.4) is 0 Å². The van der Waals surface area contributed by atoms with Gasteiger partial charge in [-0.3, -0.25) is 14.4 Å². The second kappa shape index (κ2) is 6.92. The summed E-state index contributed by atoms with van der Waals surface area (Å²) in [6, 6.07) is 13.4. The van der Waals surface area contributed by atoms with E-state index < -0.39 is 5.41 Å². The maximum absolute atomic E-state index is 12.5. The Morgan fingerprint density at radius 1 is 0.926 bits per heavy atom. The Hall–Kier alpha value is -3.06. The van der Waals surface area contributed by atoms with Gasteiger partial charge in [-0.1, -0.05) is 32.9 Å². The summed E-state index contributed by atoms with van der Waals surface area (Å²) in [4.78, 5) is 38.1. The van der Waals surface area contributed by atoms with E-state index in [-0.39, 0.29) is 22.8 Å². The first-order chi connectivity index (χ1) is 12.7. The Morgan fingerprint density at radius 2 is 1.44 bits per heavy atom. The van der Waals surface area contributed by atoms with Gasteiger partial charge < -0.3 is 10.6 Å². The highest BCUT2D eigenvalue weighted by molar-refractivity contribution is 7.80. The normalized spacial score (nSPS) is 13.4. The fraction of sp³-hybridized carbons (Fsp3) is 0.200. The number of nitrogens with one attached hydrogen (secondary N) is 2. The topological polar surface area (TPSA) is 78.5 Å². The van der Waals surface area contributed by atoms with Crippen molar-refractivity contribution in [1.29, 1.82) is 0 Å². The van der Waals surface area contributed by atoms with Gasteiger partial charge in [0.05, 0.1) is 16.8 Å². The number of carbonyl (C=O) groups is 3. The van der Waals surface area contributed by atoms with Crippen LogP contribution in [-0.2, 0) is 4.79 Å². The molecule has 27 heavy (non-hydrogen) atoms. The van der Waals surface area contributed by atoms with E-state index in [2.05, 4.69) is 10.6 Å². The summed E-state index contributed by atoms with van der Waals surface area (Å²) >= 11 is 5.14. The first-order valence-corrected chi connectivity index (χ1v) is 8.79. The van der Waals surface area contributed by atoms with Crippen molar-refractivity contribution in [2.45, 2.75) is 20.8 Å². The van der Waals surface area contributed by atoms with Crippen LogP contribution in [0.25, 0.3) is 0 Å². The molecular weight excluding hydrogens is 362 g/mol. The van der Waals surface area contributed by atoms with E-state index in [9.17, 15) is 14.4 Å². The van der Waals surface area contributed by atoms with Crippen LogP contribution in [0.4, 0.5) is 11.4 Å². The van der Waals surface area contributed by atoms with Crippen molar-refractivity contribution in [2.24, 2.45) is 5.41 Å². The van der Waals surface area contributed by atoms with E-state index in [1.54, 1.807) is 69.3 Å². The highest BCUT2D eigenvalue weighted by atomic mass is 32.1. The Bertz CT molecular complexity index is 911. The van der Waals surface area contributed by atoms with Crippen molar-refractivity contribution < 1.29 is 14.4 Å². The fourth-order valence-corrected chi connectivity index (χ4v) is 2.78. The van der Waals surface area contributed by atoms with E-state index in [0.717, 1.165) is 4.90 Å². The minimum Gasteiger partial charge on any atom is -0.332 e. The van der Waals surface area contributed by atoms with E-state index in [1.165, 1.54) is 0 Å². The molecule has 0 atom stereocenters. The van der Waals surface area contributed by atoms with Crippen molar-refractivity contribution in [3.05, 3.63) is 59.7 Å². The summed E-state index contributed by atoms with van der Waals surface area (Å²) in [5.41, 5.74) is 1.35. The molecule has 2 aromatic rings. The van der Waals surface area contributed by atoms with Crippen LogP contribution >= 0.6 is 12.2 Å². The van der Waals surface area contributed by atoms with Gasteiger partial charge >= 0.3 is 0 Å². The molecule has 138 valence electrons. The zero-order valence-corrected chi connectivity index (χ0v) is 16.0. The molecule has 6 nitrogen and oxygen atoms in total. The maximum Gasteiger partial charge on any atom is 0.266 e. The van der Waals surface area contributed by atoms with Gasteiger partial charge in [-0.15, -0.1) is 0 Å². The van der Waals surface area contributed by atoms with Gasteiger partial charge in [0, 0.05) is 11.1 Å². The average molecular weight is 381 g/mol. The van der Waals surface area contributed by atoms with Gasteiger partial charge in [0.25, 0.3) is 11.8 Å². The first kappa shape index (κ1) is 18.7. The minimum absolute atomic E-state index is 0.184. The van der Waals surface area contributed by atoms with Crippen LogP contribution in [0.5, 0.6) is 0 Å². The quantitative estimate of drug-likeness (QED) is 0.616. The summed E-state index contributed by atoms with van der Waals surface area (Å²) in [5.74, 6) is -0.879.